The minimum absolute atomic E-state index is 0.149. The van der Waals surface area contributed by atoms with Crippen molar-refractivity contribution in [2.75, 3.05) is 25.0 Å². The van der Waals surface area contributed by atoms with Crippen molar-refractivity contribution in [2.24, 2.45) is 0 Å². The molecule has 1 unspecified atom stereocenters. The highest BCUT2D eigenvalue weighted by atomic mass is 32.1. The number of amides is 2. The Kier molecular flexibility index (Phi) is 5.65. The smallest absolute Gasteiger partial charge is 0.323 e. The second kappa shape index (κ2) is 7.93. The van der Waals surface area contributed by atoms with Gasteiger partial charge in [0.1, 0.15) is 10.6 Å². The summed E-state index contributed by atoms with van der Waals surface area (Å²) in [6.45, 7) is 5.75. The maximum atomic E-state index is 12.6. The molecule has 0 saturated carbocycles. The highest BCUT2D eigenvalue weighted by molar-refractivity contribution is 7.15. The van der Waals surface area contributed by atoms with Crippen LogP contribution in [0.3, 0.4) is 0 Å². The first-order valence-electron chi connectivity index (χ1n) is 8.68. The SMILES string of the molecule is CCCCc1nnc(NC(=O)N2CCOC(C)(c3ccccc3)C2)s1. The number of aryl methyl sites for hydroxylation is 1. The van der Waals surface area contributed by atoms with Gasteiger partial charge in [-0.1, -0.05) is 55.0 Å². The van der Waals surface area contributed by atoms with Crippen molar-refractivity contribution >= 4 is 22.5 Å². The molecule has 1 N–H and O–H groups in total. The Balaban J connectivity index is 1.63. The van der Waals surface area contributed by atoms with Gasteiger partial charge < -0.3 is 9.64 Å². The molecule has 134 valence electrons. The van der Waals surface area contributed by atoms with E-state index in [1.165, 1.54) is 11.3 Å². The zero-order valence-electron chi connectivity index (χ0n) is 14.7. The van der Waals surface area contributed by atoms with Gasteiger partial charge in [-0.3, -0.25) is 5.32 Å². The van der Waals surface area contributed by atoms with E-state index < -0.39 is 5.60 Å². The van der Waals surface area contributed by atoms with E-state index in [9.17, 15) is 4.79 Å². The number of aromatic nitrogens is 2. The summed E-state index contributed by atoms with van der Waals surface area (Å²) >= 11 is 1.45. The van der Waals surface area contributed by atoms with E-state index in [1.807, 2.05) is 37.3 Å². The Bertz CT molecular complexity index is 706. The number of benzene rings is 1. The van der Waals surface area contributed by atoms with Gasteiger partial charge in [0.05, 0.1) is 13.2 Å². The third-order valence-electron chi connectivity index (χ3n) is 4.37. The lowest BCUT2D eigenvalue weighted by Gasteiger charge is -2.40. The van der Waals surface area contributed by atoms with Crippen LogP contribution in [0.5, 0.6) is 0 Å². The number of nitrogens with one attached hydrogen (secondary N) is 1. The first-order valence-corrected chi connectivity index (χ1v) is 9.50. The molecule has 7 heteroatoms. The molecule has 0 radical (unpaired) electrons. The summed E-state index contributed by atoms with van der Waals surface area (Å²) < 4.78 is 5.98. The van der Waals surface area contributed by atoms with Crippen molar-refractivity contribution in [1.82, 2.24) is 15.1 Å². The summed E-state index contributed by atoms with van der Waals surface area (Å²) in [6.07, 6.45) is 3.11. The number of ether oxygens (including phenoxy) is 1. The number of anilines is 1. The number of hydrogen-bond acceptors (Lipinski definition) is 5. The predicted octanol–water partition coefficient (Wildman–Crippen LogP) is 3.66. The van der Waals surface area contributed by atoms with Gasteiger partial charge in [0.2, 0.25) is 5.13 Å². The lowest BCUT2D eigenvalue weighted by atomic mass is 9.94. The van der Waals surface area contributed by atoms with Crippen molar-refractivity contribution in [2.45, 2.75) is 38.7 Å². The Hall–Kier alpha value is -1.99. The van der Waals surface area contributed by atoms with Gasteiger partial charge in [-0.2, -0.15) is 0 Å². The molecule has 1 aliphatic heterocycles. The van der Waals surface area contributed by atoms with Crippen LogP contribution in [0.15, 0.2) is 30.3 Å². The van der Waals surface area contributed by atoms with Crippen LogP contribution in [0.4, 0.5) is 9.93 Å². The Morgan fingerprint density at radius 1 is 1.36 bits per heavy atom. The number of carbonyl (C=O) groups is 1. The summed E-state index contributed by atoms with van der Waals surface area (Å²) in [7, 11) is 0. The molecule has 25 heavy (non-hydrogen) atoms. The number of nitrogens with zero attached hydrogens (tertiary/aromatic N) is 3. The zero-order chi connectivity index (χ0) is 17.7. The summed E-state index contributed by atoms with van der Waals surface area (Å²) in [5.41, 5.74) is 0.579. The van der Waals surface area contributed by atoms with Crippen molar-refractivity contribution < 1.29 is 9.53 Å². The maximum absolute atomic E-state index is 12.6. The molecule has 1 aliphatic rings. The van der Waals surface area contributed by atoms with Crippen molar-refractivity contribution in [1.29, 1.82) is 0 Å². The van der Waals surface area contributed by atoms with Gasteiger partial charge in [-0.15, -0.1) is 10.2 Å². The first-order chi connectivity index (χ1) is 12.1. The molecule has 0 aliphatic carbocycles. The summed E-state index contributed by atoms with van der Waals surface area (Å²) in [4.78, 5) is 14.4. The minimum atomic E-state index is -0.496. The zero-order valence-corrected chi connectivity index (χ0v) is 15.5. The Morgan fingerprint density at radius 2 is 2.16 bits per heavy atom. The third-order valence-corrected chi connectivity index (χ3v) is 5.27. The van der Waals surface area contributed by atoms with Crippen molar-refractivity contribution in [3.05, 3.63) is 40.9 Å². The maximum Gasteiger partial charge on any atom is 0.323 e. The van der Waals surface area contributed by atoms with Gasteiger partial charge in [-0.25, -0.2) is 4.79 Å². The monoisotopic (exact) mass is 360 g/mol. The molecule has 2 heterocycles. The third kappa shape index (κ3) is 4.35. The summed E-state index contributed by atoms with van der Waals surface area (Å²) in [5.74, 6) is 0. The number of urea groups is 1. The van der Waals surface area contributed by atoms with Crippen LogP contribution in [0.25, 0.3) is 0 Å². The average molecular weight is 360 g/mol. The number of morpholine rings is 1. The Labute approximate surface area is 152 Å². The lowest BCUT2D eigenvalue weighted by Crippen LogP contribution is -2.51. The van der Waals surface area contributed by atoms with E-state index in [0.29, 0.717) is 24.8 Å². The number of rotatable bonds is 5. The molecular formula is C18H24N4O2S. The fraction of sp³-hybridized carbons (Fsp3) is 0.500. The minimum Gasteiger partial charge on any atom is -0.367 e. The molecule has 6 nitrogen and oxygen atoms in total. The molecule has 0 bridgehead atoms. The molecule has 1 atom stereocenters. The largest absolute Gasteiger partial charge is 0.367 e. The number of unbranched alkanes of at least 4 members (excludes halogenated alkanes) is 1. The van der Waals surface area contributed by atoms with E-state index in [0.717, 1.165) is 29.8 Å². The Morgan fingerprint density at radius 3 is 2.92 bits per heavy atom. The fourth-order valence-corrected chi connectivity index (χ4v) is 3.68. The first kappa shape index (κ1) is 17.8. The molecule has 3 rings (SSSR count). The normalized spacial score (nSPS) is 20.5. The van der Waals surface area contributed by atoms with Crippen molar-refractivity contribution in [3.63, 3.8) is 0 Å². The number of hydrogen-bond donors (Lipinski definition) is 1. The van der Waals surface area contributed by atoms with Crippen LogP contribution in [-0.2, 0) is 16.8 Å². The molecule has 0 spiro atoms. The molecular weight excluding hydrogens is 336 g/mol. The van der Waals surface area contributed by atoms with Crippen LogP contribution in [0.2, 0.25) is 0 Å². The topological polar surface area (TPSA) is 67.4 Å². The second-order valence-electron chi connectivity index (χ2n) is 6.40. The van der Waals surface area contributed by atoms with E-state index >= 15 is 0 Å². The van der Waals surface area contributed by atoms with Crippen LogP contribution in [-0.4, -0.2) is 40.8 Å². The van der Waals surface area contributed by atoms with E-state index in [1.54, 1.807) is 4.90 Å². The second-order valence-corrected chi connectivity index (χ2v) is 7.46. The quantitative estimate of drug-likeness (QED) is 0.883. The number of carbonyl (C=O) groups excluding carboxylic acids is 1. The van der Waals surface area contributed by atoms with E-state index in [-0.39, 0.29) is 6.03 Å². The summed E-state index contributed by atoms with van der Waals surface area (Å²) in [5, 5.41) is 12.6. The average Bonchev–Trinajstić information content (AvgIpc) is 3.08. The lowest BCUT2D eigenvalue weighted by molar-refractivity contribution is -0.0894. The summed E-state index contributed by atoms with van der Waals surface area (Å²) in [6, 6.07) is 9.87. The van der Waals surface area contributed by atoms with Gasteiger partial charge in [-0.05, 0) is 18.9 Å². The van der Waals surface area contributed by atoms with Crippen LogP contribution < -0.4 is 5.32 Å². The van der Waals surface area contributed by atoms with Crippen LogP contribution in [0, 0.1) is 0 Å². The molecule has 1 aromatic carbocycles. The highest BCUT2D eigenvalue weighted by Gasteiger charge is 2.35. The van der Waals surface area contributed by atoms with Gasteiger partial charge >= 0.3 is 6.03 Å². The standard InChI is InChI=1S/C18H24N4O2S/c1-3-4-10-15-20-21-16(25-15)19-17(23)22-11-12-24-18(2,13-22)14-8-6-5-7-9-14/h5-9H,3-4,10-13H2,1-2H3,(H,19,21,23). The van der Waals surface area contributed by atoms with Gasteiger partial charge in [0.25, 0.3) is 0 Å². The van der Waals surface area contributed by atoms with Crippen LogP contribution in [0.1, 0.15) is 37.3 Å². The van der Waals surface area contributed by atoms with Crippen molar-refractivity contribution in [3.8, 4) is 0 Å². The molecule has 1 saturated heterocycles. The van der Waals surface area contributed by atoms with E-state index in [4.69, 9.17) is 4.74 Å². The highest BCUT2D eigenvalue weighted by Crippen LogP contribution is 2.29. The molecule has 1 fully saturated rings. The van der Waals surface area contributed by atoms with Gasteiger partial charge in [0, 0.05) is 13.0 Å². The molecule has 1 aromatic heterocycles. The van der Waals surface area contributed by atoms with E-state index in [2.05, 4.69) is 22.4 Å². The molecule has 2 aromatic rings. The predicted molar refractivity (Wildman–Crippen MR) is 98.9 cm³/mol. The van der Waals surface area contributed by atoms with Crippen LogP contribution >= 0.6 is 11.3 Å². The fourth-order valence-electron chi connectivity index (χ4n) is 2.91. The van der Waals surface area contributed by atoms with Gasteiger partial charge in [0.15, 0.2) is 0 Å². The molecule has 2 amide bonds.